The third kappa shape index (κ3) is 3.72. The summed E-state index contributed by atoms with van der Waals surface area (Å²) < 4.78 is 10.3. The molecule has 1 rings (SSSR count). The molecule has 5 nitrogen and oxygen atoms in total. The largest absolute Gasteiger partial charge is 0.494 e. The summed E-state index contributed by atoms with van der Waals surface area (Å²) in [6, 6.07) is 5.14. The number of aliphatic hydroxyl groups excluding tert-OH is 1. The summed E-state index contributed by atoms with van der Waals surface area (Å²) in [5.74, 6) is 0.392. The van der Waals surface area contributed by atoms with Gasteiger partial charge in [-0.3, -0.25) is 4.79 Å². The molecule has 0 aromatic heterocycles. The highest BCUT2D eigenvalue weighted by Gasteiger charge is 2.12. The van der Waals surface area contributed by atoms with Crippen LogP contribution < -0.4 is 10.1 Å². The maximum Gasteiger partial charge on any atom is 0.253 e. The molecule has 1 aromatic carbocycles. The number of anilines is 1. The number of ether oxygens (including phenoxy) is 2. The van der Waals surface area contributed by atoms with E-state index in [-0.39, 0.29) is 12.5 Å². The zero-order valence-corrected chi connectivity index (χ0v) is 10.9. The molecule has 100 valence electrons. The lowest BCUT2D eigenvalue weighted by Crippen LogP contribution is -2.26. The molecule has 0 saturated heterocycles. The molecule has 0 fully saturated rings. The molecule has 0 spiro atoms. The van der Waals surface area contributed by atoms with E-state index in [0.29, 0.717) is 23.6 Å². The van der Waals surface area contributed by atoms with Crippen molar-refractivity contribution in [2.75, 3.05) is 19.0 Å². The molecular formula is C13H19NO4. The van der Waals surface area contributed by atoms with Crippen molar-refractivity contribution in [1.29, 1.82) is 0 Å². The first-order valence-electron chi connectivity index (χ1n) is 5.82. The number of benzene rings is 1. The van der Waals surface area contributed by atoms with Gasteiger partial charge in [-0.15, -0.1) is 0 Å². The number of rotatable bonds is 6. The second-order valence-corrected chi connectivity index (χ2v) is 3.78. The van der Waals surface area contributed by atoms with Crippen LogP contribution in [0.15, 0.2) is 18.2 Å². The third-order valence-corrected chi connectivity index (χ3v) is 2.52. The minimum Gasteiger partial charge on any atom is -0.494 e. The molecule has 0 saturated carbocycles. The molecule has 2 N–H and O–H groups in total. The number of amides is 1. The van der Waals surface area contributed by atoms with E-state index in [4.69, 9.17) is 9.47 Å². The van der Waals surface area contributed by atoms with Crippen LogP contribution >= 0.6 is 0 Å². The van der Waals surface area contributed by atoms with Crippen molar-refractivity contribution in [3.8, 4) is 5.75 Å². The van der Waals surface area contributed by atoms with Crippen molar-refractivity contribution in [2.45, 2.75) is 26.6 Å². The van der Waals surface area contributed by atoms with E-state index in [0.717, 1.165) is 0 Å². The molecule has 0 radical (unpaired) electrons. The lowest BCUT2D eigenvalue weighted by molar-refractivity contribution is -0.124. The minimum atomic E-state index is -0.519. The Morgan fingerprint density at radius 1 is 1.50 bits per heavy atom. The summed E-state index contributed by atoms with van der Waals surface area (Å²) in [6.07, 6.45) is -0.519. The van der Waals surface area contributed by atoms with Crippen LogP contribution in [-0.2, 0) is 16.1 Å². The summed E-state index contributed by atoms with van der Waals surface area (Å²) in [6.45, 7) is 3.92. The van der Waals surface area contributed by atoms with Crippen molar-refractivity contribution in [3.63, 3.8) is 0 Å². The zero-order valence-electron chi connectivity index (χ0n) is 10.9. The van der Waals surface area contributed by atoms with Crippen LogP contribution in [-0.4, -0.2) is 30.8 Å². The Labute approximate surface area is 107 Å². The van der Waals surface area contributed by atoms with Crippen LogP contribution in [0, 0.1) is 0 Å². The fraction of sp³-hybridized carbons (Fsp3) is 0.462. The lowest BCUT2D eigenvalue weighted by atomic mass is 10.2. The van der Waals surface area contributed by atoms with Gasteiger partial charge >= 0.3 is 0 Å². The van der Waals surface area contributed by atoms with Gasteiger partial charge in [0.15, 0.2) is 0 Å². The number of hydrogen-bond acceptors (Lipinski definition) is 4. The summed E-state index contributed by atoms with van der Waals surface area (Å²) >= 11 is 0. The second-order valence-electron chi connectivity index (χ2n) is 3.78. The van der Waals surface area contributed by atoms with Crippen LogP contribution in [0.25, 0.3) is 0 Å². The monoisotopic (exact) mass is 253 g/mol. The normalized spacial score (nSPS) is 12.0. The molecule has 18 heavy (non-hydrogen) atoms. The number of methoxy groups -OCH3 is 1. The Kier molecular flexibility index (Phi) is 5.61. The average molecular weight is 253 g/mol. The number of carbonyl (C=O) groups excluding carboxylic acids is 1. The molecule has 0 heterocycles. The predicted molar refractivity (Wildman–Crippen MR) is 68.6 cm³/mol. The zero-order chi connectivity index (χ0) is 13.5. The van der Waals surface area contributed by atoms with Gasteiger partial charge in [0.25, 0.3) is 5.91 Å². The Balaban J connectivity index is 2.82. The van der Waals surface area contributed by atoms with Gasteiger partial charge in [0.1, 0.15) is 11.9 Å². The number of hydrogen-bond donors (Lipinski definition) is 2. The molecular weight excluding hydrogens is 234 g/mol. The first-order chi connectivity index (χ1) is 8.62. The molecule has 1 atom stereocenters. The van der Waals surface area contributed by atoms with Crippen molar-refractivity contribution in [3.05, 3.63) is 23.8 Å². The standard InChI is InChI=1S/C13H19NO4/c1-4-18-12-6-5-11(7-10(12)8-15)14-13(16)9(2)17-3/h5-7,9,15H,4,8H2,1-3H3,(H,14,16). The van der Waals surface area contributed by atoms with Crippen LogP contribution in [0.5, 0.6) is 5.75 Å². The Bertz CT molecular complexity index is 406. The first kappa shape index (κ1) is 14.5. The summed E-state index contributed by atoms with van der Waals surface area (Å²) in [4.78, 5) is 11.6. The Morgan fingerprint density at radius 2 is 2.22 bits per heavy atom. The summed E-state index contributed by atoms with van der Waals surface area (Å²) in [5, 5.41) is 11.9. The maximum atomic E-state index is 11.6. The van der Waals surface area contributed by atoms with Crippen LogP contribution in [0.1, 0.15) is 19.4 Å². The van der Waals surface area contributed by atoms with Crippen LogP contribution in [0.2, 0.25) is 0 Å². The van der Waals surface area contributed by atoms with Crippen LogP contribution in [0.4, 0.5) is 5.69 Å². The average Bonchev–Trinajstić information content (AvgIpc) is 2.39. The van der Waals surface area contributed by atoms with E-state index in [1.807, 2.05) is 6.92 Å². The number of aliphatic hydroxyl groups is 1. The Hall–Kier alpha value is -1.59. The summed E-state index contributed by atoms with van der Waals surface area (Å²) in [7, 11) is 1.47. The minimum absolute atomic E-state index is 0.140. The third-order valence-electron chi connectivity index (χ3n) is 2.52. The predicted octanol–water partition coefficient (Wildman–Crippen LogP) is 1.55. The SMILES string of the molecule is CCOc1ccc(NC(=O)C(C)OC)cc1CO. The van der Waals surface area contributed by atoms with Crippen molar-refractivity contribution >= 4 is 11.6 Å². The van der Waals surface area contributed by atoms with Crippen molar-refractivity contribution < 1.29 is 19.4 Å². The van der Waals surface area contributed by atoms with E-state index in [2.05, 4.69) is 5.32 Å². The van der Waals surface area contributed by atoms with Gasteiger partial charge in [0, 0.05) is 18.4 Å². The molecule has 5 heteroatoms. The van der Waals surface area contributed by atoms with E-state index in [1.54, 1.807) is 25.1 Å². The van der Waals surface area contributed by atoms with Gasteiger partial charge in [-0.05, 0) is 32.0 Å². The molecule has 0 aliphatic heterocycles. The Morgan fingerprint density at radius 3 is 2.78 bits per heavy atom. The quantitative estimate of drug-likeness (QED) is 0.807. The molecule has 1 unspecified atom stereocenters. The van der Waals surface area contributed by atoms with Gasteiger partial charge in [-0.1, -0.05) is 0 Å². The molecule has 1 aromatic rings. The van der Waals surface area contributed by atoms with Gasteiger partial charge in [0.2, 0.25) is 0 Å². The fourth-order valence-corrected chi connectivity index (χ4v) is 1.43. The van der Waals surface area contributed by atoms with Gasteiger partial charge in [0.05, 0.1) is 13.2 Å². The lowest BCUT2D eigenvalue weighted by Gasteiger charge is -2.13. The van der Waals surface area contributed by atoms with E-state index in [1.165, 1.54) is 7.11 Å². The highest BCUT2D eigenvalue weighted by molar-refractivity contribution is 5.94. The second kappa shape index (κ2) is 6.98. The van der Waals surface area contributed by atoms with E-state index < -0.39 is 6.10 Å². The van der Waals surface area contributed by atoms with Crippen molar-refractivity contribution in [2.24, 2.45) is 0 Å². The molecule has 0 aliphatic rings. The molecule has 0 aliphatic carbocycles. The number of carbonyl (C=O) groups is 1. The van der Waals surface area contributed by atoms with E-state index in [9.17, 15) is 9.90 Å². The van der Waals surface area contributed by atoms with Gasteiger partial charge < -0.3 is 19.9 Å². The van der Waals surface area contributed by atoms with Crippen LogP contribution in [0.3, 0.4) is 0 Å². The van der Waals surface area contributed by atoms with Gasteiger partial charge in [-0.25, -0.2) is 0 Å². The van der Waals surface area contributed by atoms with Gasteiger partial charge in [-0.2, -0.15) is 0 Å². The molecule has 1 amide bonds. The first-order valence-corrected chi connectivity index (χ1v) is 5.82. The molecule has 0 bridgehead atoms. The smallest absolute Gasteiger partial charge is 0.253 e. The number of nitrogens with one attached hydrogen (secondary N) is 1. The summed E-state index contributed by atoms with van der Waals surface area (Å²) in [5.41, 5.74) is 1.25. The van der Waals surface area contributed by atoms with Crippen molar-refractivity contribution in [1.82, 2.24) is 0 Å². The topological polar surface area (TPSA) is 67.8 Å². The maximum absolute atomic E-state index is 11.6. The van der Waals surface area contributed by atoms with E-state index >= 15 is 0 Å². The highest BCUT2D eigenvalue weighted by Crippen LogP contribution is 2.23. The highest BCUT2D eigenvalue weighted by atomic mass is 16.5. The fourth-order valence-electron chi connectivity index (χ4n) is 1.43.